The molecule has 2 nitrogen and oxygen atoms in total. The van der Waals surface area contributed by atoms with Gasteiger partial charge in [-0.15, -0.1) is 11.3 Å². The second-order valence-corrected chi connectivity index (χ2v) is 4.52. The van der Waals surface area contributed by atoms with E-state index in [-0.39, 0.29) is 0 Å². The number of thiophene rings is 1. The summed E-state index contributed by atoms with van der Waals surface area (Å²) in [6.07, 6.45) is 3.62. The van der Waals surface area contributed by atoms with Crippen molar-refractivity contribution >= 4 is 11.3 Å². The standard InChI is InChI=1S/C13H19NOS/c1-2-3-4-9-15-11-13-12(6-5-8-14)7-10-16-13/h7,10H,2-4,8-9,11,14H2,1H3. The van der Waals surface area contributed by atoms with Gasteiger partial charge in [0.2, 0.25) is 0 Å². The molecule has 0 aliphatic rings. The molecule has 1 aromatic rings. The lowest BCUT2D eigenvalue weighted by Crippen LogP contribution is -1.96. The number of ether oxygens (including phenoxy) is 1. The van der Waals surface area contributed by atoms with Gasteiger partial charge in [0.05, 0.1) is 13.2 Å². The fraction of sp³-hybridized carbons (Fsp3) is 0.538. The maximum atomic E-state index is 5.61. The normalized spacial score (nSPS) is 9.88. The Bertz CT molecular complexity index is 348. The highest BCUT2D eigenvalue weighted by Crippen LogP contribution is 2.16. The molecule has 0 aromatic carbocycles. The van der Waals surface area contributed by atoms with Crippen molar-refractivity contribution in [1.29, 1.82) is 0 Å². The number of unbranched alkanes of at least 4 members (excludes halogenated alkanes) is 2. The van der Waals surface area contributed by atoms with Crippen LogP contribution in [0.3, 0.4) is 0 Å². The van der Waals surface area contributed by atoms with E-state index in [4.69, 9.17) is 10.5 Å². The molecule has 0 atom stereocenters. The van der Waals surface area contributed by atoms with Crippen LogP contribution in [0.2, 0.25) is 0 Å². The highest BCUT2D eigenvalue weighted by molar-refractivity contribution is 7.10. The largest absolute Gasteiger partial charge is 0.376 e. The predicted octanol–water partition coefficient (Wildman–Crippen LogP) is 2.77. The molecule has 1 rings (SSSR count). The zero-order valence-electron chi connectivity index (χ0n) is 9.79. The highest BCUT2D eigenvalue weighted by Gasteiger charge is 2.01. The van der Waals surface area contributed by atoms with Gasteiger partial charge in [0.15, 0.2) is 0 Å². The van der Waals surface area contributed by atoms with Crippen molar-refractivity contribution in [2.75, 3.05) is 13.2 Å². The summed E-state index contributed by atoms with van der Waals surface area (Å²) in [5.74, 6) is 5.93. The summed E-state index contributed by atoms with van der Waals surface area (Å²) in [6.45, 7) is 4.12. The van der Waals surface area contributed by atoms with Gasteiger partial charge < -0.3 is 10.5 Å². The topological polar surface area (TPSA) is 35.2 Å². The average molecular weight is 237 g/mol. The molecular weight excluding hydrogens is 218 g/mol. The van der Waals surface area contributed by atoms with Gasteiger partial charge in [-0.25, -0.2) is 0 Å². The number of nitrogens with two attached hydrogens (primary N) is 1. The second-order valence-electron chi connectivity index (χ2n) is 3.52. The Morgan fingerprint density at radius 2 is 2.31 bits per heavy atom. The summed E-state index contributed by atoms with van der Waals surface area (Å²) in [7, 11) is 0. The van der Waals surface area contributed by atoms with Crippen LogP contribution in [-0.2, 0) is 11.3 Å². The third kappa shape index (κ3) is 4.80. The quantitative estimate of drug-likeness (QED) is 0.610. The Morgan fingerprint density at radius 3 is 3.06 bits per heavy atom. The number of rotatable bonds is 6. The monoisotopic (exact) mass is 237 g/mol. The van der Waals surface area contributed by atoms with E-state index in [9.17, 15) is 0 Å². The van der Waals surface area contributed by atoms with Crippen LogP contribution in [0.15, 0.2) is 11.4 Å². The molecule has 0 unspecified atom stereocenters. The van der Waals surface area contributed by atoms with Gasteiger partial charge in [0.1, 0.15) is 0 Å². The van der Waals surface area contributed by atoms with E-state index in [0.717, 1.165) is 18.6 Å². The van der Waals surface area contributed by atoms with Crippen molar-refractivity contribution < 1.29 is 4.74 Å². The summed E-state index contributed by atoms with van der Waals surface area (Å²) in [4.78, 5) is 1.21. The molecule has 2 N–H and O–H groups in total. The van der Waals surface area contributed by atoms with E-state index in [0.29, 0.717) is 13.2 Å². The molecule has 1 aromatic heterocycles. The van der Waals surface area contributed by atoms with Crippen molar-refractivity contribution in [3.63, 3.8) is 0 Å². The van der Waals surface area contributed by atoms with Crippen LogP contribution in [0.4, 0.5) is 0 Å². The van der Waals surface area contributed by atoms with E-state index < -0.39 is 0 Å². The lowest BCUT2D eigenvalue weighted by molar-refractivity contribution is 0.119. The third-order valence-corrected chi connectivity index (χ3v) is 3.09. The lowest BCUT2D eigenvalue weighted by atomic mass is 10.2. The zero-order chi connectivity index (χ0) is 11.6. The van der Waals surface area contributed by atoms with Gasteiger partial charge in [0, 0.05) is 17.0 Å². The Morgan fingerprint density at radius 1 is 1.44 bits per heavy atom. The smallest absolute Gasteiger partial charge is 0.0821 e. The van der Waals surface area contributed by atoms with Crippen molar-refractivity contribution in [3.8, 4) is 11.8 Å². The first-order valence-electron chi connectivity index (χ1n) is 5.71. The summed E-state index contributed by atoms with van der Waals surface area (Å²) in [5.41, 5.74) is 6.41. The maximum Gasteiger partial charge on any atom is 0.0821 e. The first-order valence-corrected chi connectivity index (χ1v) is 6.59. The van der Waals surface area contributed by atoms with Crippen molar-refractivity contribution in [3.05, 3.63) is 21.9 Å². The second kappa shape index (κ2) is 8.35. The van der Waals surface area contributed by atoms with Crippen LogP contribution in [0.1, 0.15) is 36.6 Å². The minimum atomic E-state index is 0.409. The minimum absolute atomic E-state index is 0.409. The summed E-state index contributed by atoms with van der Waals surface area (Å²) in [5, 5.41) is 2.05. The Labute approximate surface area is 102 Å². The summed E-state index contributed by atoms with van der Waals surface area (Å²) < 4.78 is 5.61. The highest BCUT2D eigenvalue weighted by atomic mass is 32.1. The Balaban J connectivity index is 2.33. The minimum Gasteiger partial charge on any atom is -0.376 e. The van der Waals surface area contributed by atoms with Crippen LogP contribution < -0.4 is 5.73 Å². The van der Waals surface area contributed by atoms with Crippen LogP contribution in [-0.4, -0.2) is 13.2 Å². The third-order valence-electron chi connectivity index (χ3n) is 2.20. The lowest BCUT2D eigenvalue weighted by Gasteiger charge is -2.02. The number of hydrogen-bond donors (Lipinski definition) is 1. The van der Waals surface area contributed by atoms with Gasteiger partial charge in [-0.1, -0.05) is 31.6 Å². The maximum absolute atomic E-state index is 5.61. The Kier molecular flexibility index (Phi) is 6.91. The predicted molar refractivity (Wildman–Crippen MR) is 69.4 cm³/mol. The molecule has 0 amide bonds. The average Bonchev–Trinajstić information content (AvgIpc) is 2.74. The molecule has 0 bridgehead atoms. The van der Waals surface area contributed by atoms with Crippen molar-refractivity contribution in [1.82, 2.24) is 0 Å². The summed E-state index contributed by atoms with van der Waals surface area (Å²) in [6, 6.07) is 2.03. The van der Waals surface area contributed by atoms with Gasteiger partial charge in [-0.05, 0) is 17.9 Å². The molecule has 0 aliphatic heterocycles. The van der Waals surface area contributed by atoms with E-state index in [1.165, 1.54) is 17.7 Å². The fourth-order valence-electron chi connectivity index (χ4n) is 1.33. The van der Waals surface area contributed by atoms with Crippen molar-refractivity contribution in [2.24, 2.45) is 5.73 Å². The molecule has 0 saturated carbocycles. The van der Waals surface area contributed by atoms with Gasteiger partial charge in [-0.3, -0.25) is 0 Å². The fourth-order valence-corrected chi connectivity index (χ4v) is 2.09. The summed E-state index contributed by atoms with van der Waals surface area (Å²) >= 11 is 1.70. The first kappa shape index (κ1) is 13.2. The molecular formula is C13H19NOS. The number of hydrogen-bond acceptors (Lipinski definition) is 3. The molecule has 1 heterocycles. The molecule has 0 aliphatic carbocycles. The van der Waals surface area contributed by atoms with E-state index in [1.807, 2.05) is 11.4 Å². The molecule has 0 radical (unpaired) electrons. The van der Waals surface area contributed by atoms with E-state index in [2.05, 4.69) is 18.8 Å². The van der Waals surface area contributed by atoms with Gasteiger partial charge in [-0.2, -0.15) is 0 Å². The van der Waals surface area contributed by atoms with Crippen LogP contribution in [0, 0.1) is 11.8 Å². The van der Waals surface area contributed by atoms with Crippen LogP contribution in [0.25, 0.3) is 0 Å². The first-order chi connectivity index (χ1) is 7.88. The van der Waals surface area contributed by atoms with Gasteiger partial charge in [0.25, 0.3) is 0 Å². The molecule has 0 fully saturated rings. The van der Waals surface area contributed by atoms with Crippen molar-refractivity contribution in [2.45, 2.75) is 32.8 Å². The SMILES string of the molecule is CCCCCOCc1sccc1C#CCN. The van der Waals surface area contributed by atoms with Crippen LogP contribution >= 0.6 is 11.3 Å². The molecule has 16 heavy (non-hydrogen) atoms. The van der Waals surface area contributed by atoms with Gasteiger partial charge >= 0.3 is 0 Å². The molecule has 0 saturated heterocycles. The Hall–Kier alpha value is -0.820. The van der Waals surface area contributed by atoms with E-state index in [1.54, 1.807) is 11.3 Å². The van der Waals surface area contributed by atoms with E-state index >= 15 is 0 Å². The van der Waals surface area contributed by atoms with Crippen LogP contribution in [0.5, 0.6) is 0 Å². The molecule has 88 valence electrons. The zero-order valence-corrected chi connectivity index (χ0v) is 10.6. The molecule has 3 heteroatoms. The molecule has 0 spiro atoms.